The Labute approximate surface area is 223 Å². The van der Waals surface area contributed by atoms with Crippen molar-refractivity contribution in [2.45, 2.75) is 142 Å². The van der Waals surface area contributed by atoms with Crippen LogP contribution in [-0.4, -0.2) is 54.6 Å². The van der Waals surface area contributed by atoms with Crippen LogP contribution in [0.15, 0.2) is 0 Å². The summed E-state index contributed by atoms with van der Waals surface area (Å²) in [5, 5.41) is 19.1. The molecule has 220 valence electrons. The minimum atomic E-state index is -3.85. The fraction of sp³-hybridized carbons (Fsp3) is 1.00. The molecule has 0 aromatic heterocycles. The second-order valence-electron chi connectivity index (χ2n) is 9.70. The first-order chi connectivity index (χ1) is 17.5. The van der Waals surface area contributed by atoms with Gasteiger partial charge in [0.05, 0.1) is 26.4 Å². The maximum absolute atomic E-state index is 11.8. The molecule has 0 saturated heterocycles. The highest BCUT2D eigenvalue weighted by Gasteiger charge is 2.19. The van der Waals surface area contributed by atoms with E-state index in [-0.39, 0.29) is 13.2 Å². The van der Waals surface area contributed by atoms with E-state index in [0.717, 1.165) is 25.7 Å². The van der Waals surface area contributed by atoms with E-state index in [4.69, 9.17) is 19.3 Å². The van der Waals surface area contributed by atoms with Gasteiger partial charge in [-0.2, -0.15) is 0 Å². The van der Waals surface area contributed by atoms with Gasteiger partial charge in [0.25, 0.3) is 0 Å². The van der Waals surface area contributed by atoms with E-state index in [2.05, 4.69) is 19.2 Å². The van der Waals surface area contributed by atoms with Crippen LogP contribution >= 0.6 is 7.82 Å². The van der Waals surface area contributed by atoms with Crippen LogP contribution in [0.5, 0.6) is 0 Å². The lowest BCUT2D eigenvalue weighted by atomic mass is 10.1. The molecule has 0 aliphatic heterocycles. The quantitative estimate of drug-likeness (QED) is 0.0601. The third-order valence-corrected chi connectivity index (χ3v) is 7.10. The summed E-state index contributed by atoms with van der Waals surface area (Å²) in [6.07, 6.45) is 24.8. The number of nitrogens with one attached hydrogen (secondary N) is 1. The molecule has 0 bridgehead atoms. The van der Waals surface area contributed by atoms with Crippen LogP contribution in [0.25, 0.3) is 0 Å². The van der Waals surface area contributed by atoms with Crippen LogP contribution in [0, 0.1) is 0 Å². The maximum Gasteiger partial charge on any atom is 0.472 e. The average molecular weight is 540 g/mol. The molecule has 0 aromatic rings. The van der Waals surface area contributed by atoms with Gasteiger partial charge in [0.2, 0.25) is 0 Å². The van der Waals surface area contributed by atoms with Crippen LogP contribution in [-0.2, 0) is 13.6 Å². The Morgan fingerprint density at radius 1 is 0.528 bits per heavy atom. The molecule has 0 aliphatic carbocycles. The van der Waals surface area contributed by atoms with Gasteiger partial charge in [0.1, 0.15) is 0 Å². The maximum atomic E-state index is 11.8. The molecule has 0 unspecified atom stereocenters. The predicted molar refractivity (Wildman–Crippen MR) is 152 cm³/mol. The first kappa shape index (κ1) is 38.1. The Morgan fingerprint density at radius 3 is 1.08 bits per heavy atom. The summed E-state index contributed by atoms with van der Waals surface area (Å²) in [7, 11) is -3.85. The van der Waals surface area contributed by atoms with E-state index in [0.29, 0.717) is 26.3 Å². The minimum absolute atomic E-state index is 0.139. The van der Waals surface area contributed by atoms with Crippen molar-refractivity contribution < 1.29 is 28.7 Å². The van der Waals surface area contributed by atoms with Crippen molar-refractivity contribution in [2.75, 3.05) is 39.5 Å². The summed E-state index contributed by atoms with van der Waals surface area (Å²) in [6.45, 7) is 6.55. The summed E-state index contributed by atoms with van der Waals surface area (Å²) >= 11 is 0. The predicted octanol–water partition coefficient (Wildman–Crippen LogP) is 7.52. The lowest BCUT2D eigenvalue weighted by Gasteiger charge is -2.12. The summed E-state index contributed by atoms with van der Waals surface area (Å²) in [5.41, 5.74) is 0. The molecular formula is C28H62NO6P. The van der Waals surface area contributed by atoms with Gasteiger partial charge in [0.15, 0.2) is 0 Å². The summed E-state index contributed by atoms with van der Waals surface area (Å²) in [4.78, 5) is 9.71. The molecule has 0 atom stereocenters. The zero-order valence-electron chi connectivity index (χ0n) is 23.9. The number of hydrogen-bond donors (Lipinski definition) is 4. The molecule has 0 aromatic carbocycles. The Balaban J connectivity index is 0. The molecule has 4 N–H and O–H groups in total. The van der Waals surface area contributed by atoms with Gasteiger partial charge in [-0.3, -0.25) is 9.05 Å². The van der Waals surface area contributed by atoms with Crippen LogP contribution in [0.4, 0.5) is 0 Å². The van der Waals surface area contributed by atoms with Gasteiger partial charge < -0.3 is 20.4 Å². The monoisotopic (exact) mass is 539 g/mol. The first-order valence-corrected chi connectivity index (χ1v) is 16.6. The molecule has 0 saturated carbocycles. The molecule has 36 heavy (non-hydrogen) atoms. The average Bonchev–Trinajstić information content (AvgIpc) is 2.86. The Kier molecular flexibility index (Phi) is 35.0. The van der Waals surface area contributed by atoms with Crippen LogP contribution in [0.3, 0.4) is 0 Å². The van der Waals surface area contributed by atoms with E-state index in [1.807, 2.05) is 0 Å². The normalized spacial score (nSPS) is 11.5. The van der Waals surface area contributed by atoms with Crippen molar-refractivity contribution in [2.24, 2.45) is 0 Å². The molecule has 7 nitrogen and oxygen atoms in total. The number of unbranched alkanes of at least 4 members (excludes halogenated alkanes) is 18. The topological polar surface area (TPSA) is 108 Å². The molecule has 0 radical (unpaired) electrons. The first-order valence-electron chi connectivity index (χ1n) is 15.1. The van der Waals surface area contributed by atoms with E-state index in [1.165, 1.54) is 103 Å². The fourth-order valence-electron chi connectivity index (χ4n) is 3.86. The molecule has 0 fully saturated rings. The third-order valence-electron chi connectivity index (χ3n) is 6.08. The summed E-state index contributed by atoms with van der Waals surface area (Å²) in [6, 6.07) is 0. The number of phosphoric ester groups is 1. The SMILES string of the molecule is CCCCCCCCCCCCOP(=O)(O)OCCCCCCCCCCCC.OCCNCCO. The highest BCUT2D eigenvalue weighted by molar-refractivity contribution is 7.47. The van der Waals surface area contributed by atoms with Crippen LogP contribution < -0.4 is 5.32 Å². The lowest BCUT2D eigenvalue weighted by molar-refractivity contribution is 0.145. The standard InChI is InChI=1S/C24H51O4P.C4H11NO2/c1-3-5-7-9-11-13-15-17-19-21-23-27-29(25,26)28-24-22-20-18-16-14-12-10-8-6-4-2;6-3-1-5-2-4-7/h3-24H2,1-2H3,(H,25,26);5-7H,1-4H2. The Morgan fingerprint density at radius 2 is 0.806 bits per heavy atom. The van der Waals surface area contributed by atoms with Crippen molar-refractivity contribution in [3.8, 4) is 0 Å². The van der Waals surface area contributed by atoms with Gasteiger partial charge in [-0.15, -0.1) is 0 Å². The van der Waals surface area contributed by atoms with Crippen molar-refractivity contribution in [1.29, 1.82) is 0 Å². The molecule has 0 spiro atoms. The highest BCUT2D eigenvalue weighted by atomic mass is 31.2. The Hall–Kier alpha value is -0.0100. The van der Waals surface area contributed by atoms with Gasteiger partial charge in [0, 0.05) is 13.1 Å². The fourth-order valence-corrected chi connectivity index (χ4v) is 4.65. The summed E-state index contributed by atoms with van der Waals surface area (Å²) < 4.78 is 22.0. The van der Waals surface area contributed by atoms with Crippen molar-refractivity contribution in [3.05, 3.63) is 0 Å². The van der Waals surface area contributed by atoms with Gasteiger partial charge >= 0.3 is 7.82 Å². The van der Waals surface area contributed by atoms with Gasteiger partial charge in [-0.25, -0.2) is 4.57 Å². The molecular weight excluding hydrogens is 477 g/mol. The van der Waals surface area contributed by atoms with Crippen molar-refractivity contribution in [1.82, 2.24) is 5.32 Å². The molecule has 0 rings (SSSR count). The zero-order chi connectivity index (χ0) is 27.0. The van der Waals surface area contributed by atoms with E-state index in [9.17, 15) is 9.46 Å². The number of aliphatic hydroxyl groups is 2. The number of aliphatic hydroxyl groups excluding tert-OH is 2. The van der Waals surface area contributed by atoms with Gasteiger partial charge in [-0.05, 0) is 12.8 Å². The van der Waals surface area contributed by atoms with Crippen LogP contribution in [0.1, 0.15) is 142 Å². The van der Waals surface area contributed by atoms with E-state index in [1.54, 1.807) is 0 Å². The largest absolute Gasteiger partial charge is 0.472 e. The number of rotatable bonds is 28. The number of phosphoric acid groups is 1. The van der Waals surface area contributed by atoms with Crippen LogP contribution in [0.2, 0.25) is 0 Å². The zero-order valence-corrected chi connectivity index (χ0v) is 24.8. The van der Waals surface area contributed by atoms with Gasteiger partial charge in [-0.1, -0.05) is 129 Å². The number of hydrogen-bond acceptors (Lipinski definition) is 6. The lowest BCUT2D eigenvalue weighted by Crippen LogP contribution is -2.21. The minimum Gasteiger partial charge on any atom is -0.395 e. The molecule has 0 heterocycles. The second kappa shape index (κ2) is 33.0. The molecule has 8 heteroatoms. The van der Waals surface area contributed by atoms with Crippen molar-refractivity contribution in [3.63, 3.8) is 0 Å². The molecule has 0 amide bonds. The van der Waals surface area contributed by atoms with E-state index >= 15 is 0 Å². The highest BCUT2D eigenvalue weighted by Crippen LogP contribution is 2.43. The smallest absolute Gasteiger partial charge is 0.395 e. The summed E-state index contributed by atoms with van der Waals surface area (Å²) in [5.74, 6) is 0. The second-order valence-corrected chi connectivity index (χ2v) is 11.1. The Bertz CT molecular complexity index is 408. The van der Waals surface area contributed by atoms with Crippen molar-refractivity contribution >= 4 is 7.82 Å². The van der Waals surface area contributed by atoms with E-state index < -0.39 is 7.82 Å². The molecule has 0 aliphatic rings. The third kappa shape index (κ3) is 36.1.